The number of phosphoric ester groups is 1. The smallest absolute Gasteiger partial charge is 0.419 e. The molecule has 0 aliphatic heterocycles. The third-order valence-corrected chi connectivity index (χ3v) is 7.99. The number of hydrogen-bond donors (Lipinski definition) is 3. The average Bonchev–Trinajstić information content (AvgIpc) is 2.78. The van der Waals surface area contributed by atoms with E-state index in [4.69, 9.17) is 29.9 Å². The molecule has 0 saturated carbocycles. The number of benzene rings is 2. The number of nitrogens with one attached hydrogen (secondary N) is 1. The van der Waals surface area contributed by atoms with Gasteiger partial charge in [-0.05, 0) is 35.7 Å². The number of hydrogen-bond acceptors (Lipinski definition) is 10. The van der Waals surface area contributed by atoms with Gasteiger partial charge in [0.25, 0.3) is 0 Å². The van der Waals surface area contributed by atoms with Crippen LogP contribution in [0, 0.1) is 5.92 Å². The minimum absolute atomic E-state index is 0.0130. The Morgan fingerprint density at radius 1 is 1.09 bits per heavy atom. The highest BCUT2D eigenvalue weighted by atomic mass is 32.2. The van der Waals surface area contributed by atoms with Crippen molar-refractivity contribution in [3.8, 4) is 0 Å². The predicted molar refractivity (Wildman–Crippen MR) is 126 cm³/mol. The molecule has 2 rings (SSSR count). The number of anilines is 1. The maximum absolute atomic E-state index is 13.4. The second-order valence-corrected chi connectivity index (χ2v) is 11.2. The molecule has 3 atom stereocenters. The minimum atomic E-state index is -4.50. The Morgan fingerprint density at radius 3 is 2.24 bits per heavy atom. The van der Waals surface area contributed by atoms with E-state index in [0.29, 0.717) is 11.3 Å². The first-order chi connectivity index (χ1) is 16.0. The zero-order valence-corrected chi connectivity index (χ0v) is 20.8. The standard InChI is InChI=1S/C21H30N3O8PS/c1-4-19(30-21(23)25)31-33(26,29-14-16-8-6-5-7-9-16)32-24-20(15(2)3)34(27,28)18-12-10-17(22)11-13-18/h5-13,15,19-20,24H,4,14,22H2,1-3H3,(H2,23,25). The van der Waals surface area contributed by atoms with E-state index in [1.54, 1.807) is 51.1 Å². The van der Waals surface area contributed by atoms with Gasteiger partial charge in [-0.2, -0.15) is 10.1 Å². The van der Waals surface area contributed by atoms with Crippen LogP contribution in [0.5, 0.6) is 0 Å². The molecule has 0 aliphatic rings. The van der Waals surface area contributed by atoms with Crippen LogP contribution in [0.25, 0.3) is 0 Å². The fourth-order valence-corrected chi connectivity index (χ4v) is 5.70. The predicted octanol–water partition coefficient (Wildman–Crippen LogP) is 3.72. The Balaban J connectivity index is 2.26. The number of carbonyl (C=O) groups is 1. The van der Waals surface area contributed by atoms with Crippen molar-refractivity contribution in [2.45, 2.75) is 50.4 Å². The second-order valence-electron chi connectivity index (χ2n) is 7.57. The SMILES string of the molecule is CCC(OC(N)=O)OP(=O)(OCc1ccccc1)ONC(C(C)C)S(=O)(=O)c1ccc(N)cc1. The highest BCUT2D eigenvalue weighted by Gasteiger charge is 2.37. The molecule has 1 amide bonds. The number of amides is 1. The summed E-state index contributed by atoms with van der Waals surface area (Å²) in [5, 5.41) is -1.33. The highest BCUT2D eigenvalue weighted by Crippen LogP contribution is 2.51. The number of phosphoric acid groups is 1. The molecule has 0 spiro atoms. The van der Waals surface area contributed by atoms with Crippen LogP contribution in [0.4, 0.5) is 10.5 Å². The fraction of sp³-hybridized carbons (Fsp3) is 0.381. The molecular weight excluding hydrogens is 485 g/mol. The van der Waals surface area contributed by atoms with E-state index in [-0.39, 0.29) is 17.9 Å². The van der Waals surface area contributed by atoms with Crippen molar-refractivity contribution >= 4 is 29.4 Å². The molecule has 0 heterocycles. The average molecular weight is 516 g/mol. The topological polar surface area (TPSA) is 169 Å². The molecule has 2 aromatic carbocycles. The zero-order chi connectivity index (χ0) is 25.4. The van der Waals surface area contributed by atoms with Crippen LogP contribution in [0.15, 0.2) is 59.5 Å². The lowest BCUT2D eigenvalue weighted by atomic mass is 10.2. The van der Waals surface area contributed by atoms with Gasteiger partial charge in [0.2, 0.25) is 6.29 Å². The van der Waals surface area contributed by atoms with E-state index >= 15 is 0 Å². The van der Waals surface area contributed by atoms with Gasteiger partial charge in [0.05, 0.1) is 11.5 Å². The molecule has 11 nitrogen and oxygen atoms in total. The fourth-order valence-electron chi connectivity index (χ4n) is 2.74. The van der Waals surface area contributed by atoms with Gasteiger partial charge < -0.3 is 16.2 Å². The van der Waals surface area contributed by atoms with E-state index in [9.17, 15) is 17.8 Å². The maximum Gasteiger partial charge on any atom is 0.494 e. The van der Waals surface area contributed by atoms with Gasteiger partial charge in [-0.15, -0.1) is 0 Å². The van der Waals surface area contributed by atoms with Crippen molar-refractivity contribution in [2.75, 3.05) is 5.73 Å². The summed E-state index contributed by atoms with van der Waals surface area (Å²) in [6.45, 7) is 4.67. The zero-order valence-electron chi connectivity index (χ0n) is 19.1. The molecule has 0 aliphatic carbocycles. The third-order valence-electron chi connectivity index (χ3n) is 4.49. The Bertz CT molecular complexity index is 1080. The van der Waals surface area contributed by atoms with Gasteiger partial charge in [0.15, 0.2) is 9.84 Å². The van der Waals surface area contributed by atoms with E-state index in [2.05, 4.69) is 5.48 Å². The van der Waals surface area contributed by atoms with E-state index in [1.807, 2.05) is 0 Å². The summed E-state index contributed by atoms with van der Waals surface area (Å²) in [6.07, 6.45) is -2.44. The van der Waals surface area contributed by atoms with Crippen LogP contribution in [0.3, 0.4) is 0 Å². The lowest BCUT2D eigenvalue weighted by molar-refractivity contribution is -0.0655. The lowest BCUT2D eigenvalue weighted by Crippen LogP contribution is -2.41. The minimum Gasteiger partial charge on any atom is -0.419 e. The summed E-state index contributed by atoms with van der Waals surface area (Å²) in [5.41, 5.74) is 14.1. The first-order valence-corrected chi connectivity index (χ1v) is 13.4. The summed E-state index contributed by atoms with van der Waals surface area (Å²) in [6, 6.07) is 14.4. The van der Waals surface area contributed by atoms with Gasteiger partial charge in [0, 0.05) is 12.1 Å². The van der Waals surface area contributed by atoms with Crippen LogP contribution >= 0.6 is 7.82 Å². The van der Waals surface area contributed by atoms with Crippen LogP contribution < -0.4 is 16.9 Å². The Kier molecular flexibility index (Phi) is 10.0. The molecule has 0 radical (unpaired) electrons. The molecule has 188 valence electrons. The maximum atomic E-state index is 13.4. The van der Waals surface area contributed by atoms with Gasteiger partial charge in [-0.3, -0.25) is 4.52 Å². The third kappa shape index (κ3) is 8.08. The molecule has 13 heteroatoms. The van der Waals surface area contributed by atoms with Crippen molar-refractivity contribution in [1.29, 1.82) is 0 Å². The van der Waals surface area contributed by atoms with Gasteiger partial charge in [-0.1, -0.05) is 51.1 Å². The van der Waals surface area contributed by atoms with Crippen LogP contribution in [0.2, 0.25) is 0 Å². The van der Waals surface area contributed by atoms with E-state index in [1.165, 1.54) is 24.3 Å². The number of primary amides is 1. The summed E-state index contributed by atoms with van der Waals surface area (Å²) < 4.78 is 60.4. The second kappa shape index (κ2) is 12.3. The summed E-state index contributed by atoms with van der Waals surface area (Å²) in [5.74, 6) is -0.519. The number of carbonyl (C=O) groups excluding carboxylic acids is 1. The molecule has 2 aromatic rings. The number of hydroxylamine groups is 1. The van der Waals surface area contributed by atoms with Crippen molar-refractivity contribution in [2.24, 2.45) is 11.7 Å². The van der Waals surface area contributed by atoms with E-state index in [0.717, 1.165) is 0 Å². The van der Waals surface area contributed by atoms with E-state index < -0.39 is 41.3 Å². The van der Waals surface area contributed by atoms with Crippen molar-refractivity contribution in [3.63, 3.8) is 0 Å². The Morgan fingerprint density at radius 2 is 1.71 bits per heavy atom. The number of nitrogens with two attached hydrogens (primary N) is 2. The van der Waals surface area contributed by atoms with Crippen molar-refractivity contribution < 1.29 is 36.2 Å². The Hall–Kier alpha value is -2.47. The van der Waals surface area contributed by atoms with Crippen LogP contribution in [0.1, 0.15) is 32.8 Å². The first kappa shape index (κ1) is 27.8. The van der Waals surface area contributed by atoms with Gasteiger partial charge in [0.1, 0.15) is 5.37 Å². The number of ether oxygens (including phenoxy) is 1. The van der Waals surface area contributed by atoms with Crippen LogP contribution in [-0.2, 0) is 39.4 Å². The molecule has 34 heavy (non-hydrogen) atoms. The monoisotopic (exact) mass is 515 g/mol. The summed E-state index contributed by atoms with van der Waals surface area (Å²) in [7, 11) is -8.49. The molecular formula is C21H30N3O8PS. The largest absolute Gasteiger partial charge is 0.494 e. The highest BCUT2D eigenvalue weighted by molar-refractivity contribution is 7.92. The normalized spacial score (nSPS) is 15.4. The molecule has 0 saturated heterocycles. The number of nitrogen functional groups attached to an aromatic ring is 1. The first-order valence-electron chi connectivity index (χ1n) is 10.4. The lowest BCUT2D eigenvalue weighted by Gasteiger charge is -2.26. The molecule has 0 fully saturated rings. The van der Waals surface area contributed by atoms with Gasteiger partial charge in [-0.25, -0.2) is 22.3 Å². The molecule has 0 bridgehead atoms. The van der Waals surface area contributed by atoms with Crippen LogP contribution in [-0.4, -0.2) is 26.2 Å². The number of rotatable bonds is 13. The van der Waals surface area contributed by atoms with Crippen molar-refractivity contribution in [1.82, 2.24) is 5.48 Å². The van der Waals surface area contributed by atoms with Gasteiger partial charge >= 0.3 is 13.9 Å². The molecule has 3 unspecified atom stereocenters. The molecule has 0 aromatic heterocycles. The molecule has 5 N–H and O–H groups in total. The number of sulfone groups is 1. The van der Waals surface area contributed by atoms with Crippen molar-refractivity contribution in [3.05, 3.63) is 60.2 Å². The summed E-state index contributed by atoms with van der Waals surface area (Å²) in [4.78, 5) is 11.1. The summed E-state index contributed by atoms with van der Waals surface area (Å²) >= 11 is 0. The quantitative estimate of drug-likeness (QED) is 0.155. The Labute approximate surface area is 199 Å².